The lowest BCUT2D eigenvalue weighted by atomic mass is 9.86. The highest BCUT2D eigenvalue weighted by atomic mass is 16.2. The molecule has 4 heteroatoms. The van der Waals surface area contributed by atoms with Gasteiger partial charge in [-0.1, -0.05) is 45.9 Å². The van der Waals surface area contributed by atoms with E-state index in [1.807, 2.05) is 23.1 Å². The Hall–Kier alpha value is -1.55. The van der Waals surface area contributed by atoms with Gasteiger partial charge < -0.3 is 15.1 Å². The van der Waals surface area contributed by atoms with Crippen LogP contribution in [0.3, 0.4) is 0 Å². The molecular formula is C19H31N3O. The normalized spacial score (nSPS) is 17.0. The van der Waals surface area contributed by atoms with Crippen molar-refractivity contribution >= 4 is 11.7 Å². The van der Waals surface area contributed by atoms with Gasteiger partial charge in [-0.2, -0.15) is 0 Å². The summed E-state index contributed by atoms with van der Waals surface area (Å²) in [6.45, 7) is 13.6. The quantitative estimate of drug-likeness (QED) is 0.916. The van der Waals surface area contributed by atoms with Crippen molar-refractivity contribution in [3.05, 3.63) is 29.8 Å². The van der Waals surface area contributed by atoms with Crippen LogP contribution in [0.15, 0.2) is 24.3 Å². The minimum atomic E-state index is 0.0145. The highest BCUT2D eigenvalue weighted by Crippen LogP contribution is 2.29. The summed E-state index contributed by atoms with van der Waals surface area (Å²) in [5.74, 6) is 0. The van der Waals surface area contributed by atoms with E-state index in [1.165, 1.54) is 12.0 Å². The molecule has 1 aromatic carbocycles. The molecule has 0 radical (unpaired) electrons. The van der Waals surface area contributed by atoms with Crippen molar-refractivity contribution in [1.29, 1.82) is 0 Å². The van der Waals surface area contributed by atoms with Gasteiger partial charge >= 0.3 is 6.03 Å². The summed E-state index contributed by atoms with van der Waals surface area (Å²) in [7, 11) is 0. The van der Waals surface area contributed by atoms with Gasteiger partial charge in [-0.3, -0.25) is 0 Å². The number of nitrogens with zero attached hydrogens (tertiary/aromatic N) is 2. The average Bonchev–Trinajstić information content (AvgIpc) is 2.73. The van der Waals surface area contributed by atoms with Crippen molar-refractivity contribution in [1.82, 2.24) is 9.80 Å². The number of benzene rings is 1. The number of carbonyl (C=O) groups excluding carboxylic acids is 1. The van der Waals surface area contributed by atoms with Crippen LogP contribution in [0, 0.1) is 0 Å². The fourth-order valence-electron chi connectivity index (χ4n) is 3.15. The summed E-state index contributed by atoms with van der Waals surface area (Å²) < 4.78 is 0. The van der Waals surface area contributed by atoms with Gasteiger partial charge in [0.1, 0.15) is 0 Å². The zero-order valence-corrected chi connectivity index (χ0v) is 15.1. The van der Waals surface area contributed by atoms with Crippen LogP contribution in [0.5, 0.6) is 0 Å². The standard InChI is InChI=1S/C19H31N3O/c1-5-11-21-12-8-13-22(15-14-21)18(23)20-17-10-7-6-9-16(17)19(2,3)4/h6-7,9-10H,5,8,11-15H2,1-4H3,(H,20,23). The number of nitrogens with one attached hydrogen (secondary N) is 1. The fourth-order valence-corrected chi connectivity index (χ4v) is 3.15. The molecule has 1 fully saturated rings. The second-order valence-corrected chi connectivity index (χ2v) is 7.41. The third kappa shape index (κ3) is 4.96. The van der Waals surface area contributed by atoms with Crippen molar-refractivity contribution in [2.75, 3.05) is 38.0 Å². The van der Waals surface area contributed by atoms with Crippen LogP contribution in [0.25, 0.3) is 0 Å². The molecule has 1 saturated heterocycles. The summed E-state index contributed by atoms with van der Waals surface area (Å²) >= 11 is 0. The molecule has 1 N–H and O–H groups in total. The maximum absolute atomic E-state index is 12.7. The van der Waals surface area contributed by atoms with Crippen molar-refractivity contribution in [2.45, 2.75) is 46.0 Å². The Morgan fingerprint density at radius 1 is 1.13 bits per heavy atom. The topological polar surface area (TPSA) is 35.6 Å². The summed E-state index contributed by atoms with van der Waals surface area (Å²) in [5.41, 5.74) is 2.12. The summed E-state index contributed by atoms with van der Waals surface area (Å²) in [6.07, 6.45) is 2.22. The molecule has 1 aliphatic rings. The predicted molar refractivity (Wildman–Crippen MR) is 97.1 cm³/mol. The lowest BCUT2D eigenvalue weighted by Crippen LogP contribution is -2.38. The number of rotatable bonds is 3. The Morgan fingerprint density at radius 2 is 1.87 bits per heavy atom. The molecule has 2 amide bonds. The maximum Gasteiger partial charge on any atom is 0.321 e. The molecular weight excluding hydrogens is 286 g/mol. The SMILES string of the molecule is CCCN1CCCN(C(=O)Nc2ccccc2C(C)(C)C)CC1. The number of hydrogen-bond acceptors (Lipinski definition) is 2. The Labute approximate surface area is 140 Å². The third-order valence-corrected chi connectivity index (χ3v) is 4.39. The number of hydrogen-bond donors (Lipinski definition) is 1. The predicted octanol–water partition coefficient (Wildman–Crippen LogP) is 3.93. The molecule has 2 rings (SSSR count). The first-order chi connectivity index (χ1) is 10.9. The molecule has 4 nitrogen and oxygen atoms in total. The molecule has 0 atom stereocenters. The summed E-state index contributed by atoms with van der Waals surface area (Å²) in [6, 6.07) is 8.14. The molecule has 0 bridgehead atoms. The van der Waals surface area contributed by atoms with Gasteiger partial charge in [0.15, 0.2) is 0 Å². The van der Waals surface area contributed by atoms with E-state index in [0.717, 1.165) is 44.8 Å². The minimum Gasteiger partial charge on any atom is -0.323 e. The first-order valence-electron chi connectivity index (χ1n) is 8.79. The Kier molecular flexibility index (Phi) is 6.05. The summed E-state index contributed by atoms with van der Waals surface area (Å²) in [5, 5.41) is 3.13. The first kappa shape index (κ1) is 17.8. The van der Waals surface area contributed by atoms with E-state index >= 15 is 0 Å². The van der Waals surface area contributed by atoms with Crippen molar-refractivity contribution in [3.8, 4) is 0 Å². The lowest BCUT2D eigenvalue weighted by Gasteiger charge is -2.26. The Balaban J connectivity index is 2.02. The molecule has 0 saturated carbocycles. The van der Waals surface area contributed by atoms with Crippen LogP contribution in [-0.4, -0.2) is 48.6 Å². The zero-order chi connectivity index (χ0) is 16.9. The number of para-hydroxylation sites is 1. The van der Waals surface area contributed by atoms with E-state index < -0.39 is 0 Å². The van der Waals surface area contributed by atoms with Gasteiger partial charge in [-0.15, -0.1) is 0 Å². The number of carbonyl (C=O) groups is 1. The van der Waals surface area contributed by atoms with E-state index in [4.69, 9.17) is 0 Å². The monoisotopic (exact) mass is 317 g/mol. The highest BCUT2D eigenvalue weighted by Gasteiger charge is 2.22. The van der Waals surface area contributed by atoms with Crippen molar-refractivity contribution in [2.24, 2.45) is 0 Å². The van der Waals surface area contributed by atoms with E-state index in [2.05, 4.69) is 44.0 Å². The van der Waals surface area contributed by atoms with Crippen LogP contribution < -0.4 is 5.32 Å². The molecule has 0 unspecified atom stereocenters. The van der Waals surface area contributed by atoms with E-state index in [-0.39, 0.29) is 11.4 Å². The van der Waals surface area contributed by atoms with Gasteiger partial charge in [-0.05, 0) is 43.0 Å². The minimum absolute atomic E-state index is 0.0145. The fraction of sp³-hybridized carbons (Fsp3) is 0.632. The van der Waals surface area contributed by atoms with Gasteiger partial charge in [0.2, 0.25) is 0 Å². The summed E-state index contributed by atoms with van der Waals surface area (Å²) in [4.78, 5) is 17.1. The van der Waals surface area contributed by atoms with E-state index in [0.29, 0.717) is 0 Å². The molecule has 23 heavy (non-hydrogen) atoms. The molecule has 1 aliphatic heterocycles. The van der Waals surface area contributed by atoms with Gasteiger partial charge in [0.25, 0.3) is 0 Å². The van der Waals surface area contributed by atoms with Crippen LogP contribution in [0.4, 0.5) is 10.5 Å². The highest BCUT2D eigenvalue weighted by molar-refractivity contribution is 5.90. The third-order valence-electron chi connectivity index (χ3n) is 4.39. The zero-order valence-electron chi connectivity index (χ0n) is 15.1. The smallest absolute Gasteiger partial charge is 0.321 e. The Morgan fingerprint density at radius 3 is 2.57 bits per heavy atom. The van der Waals surface area contributed by atoms with Crippen LogP contribution in [-0.2, 0) is 5.41 Å². The van der Waals surface area contributed by atoms with Gasteiger partial charge in [0, 0.05) is 25.3 Å². The largest absolute Gasteiger partial charge is 0.323 e. The van der Waals surface area contributed by atoms with Crippen molar-refractivity contribution in [3.63, 3.8) is 0 Å². The number of anilines is 1. The maximum atomic E-state index is 12.7. The van der Waals surface area contributed by atoms with Gasteiger partial charge in [0.05, 0.1) is 0 Å². The molecule has 128 valence electrons. The Bertz CT molecular complexity index is 522. The number of amides is 2. The van der Waals surface area contributed by atoms with Gasteiger partial charge in [-0.25, -0.2) is 4.79 Å². The second-order valence-electron chi connectivity index (χ2n) is 7.41. The van der Waals surface area contributed by atoms with Crippen LogP contribution >= 0.6 is 0 Å². The molecule has 0 spiro atoms. The number of urea groups is 1. The molecule has 0 aliphatic carbocycles. The average molecular weight is 317 g/mol. The van der Waals surface area contributed by atoms with Crippen LogP contribution in [0.1, 0.15) is 46.1 Å². The van der Waals surface area contributed by atoms with Crippen molar-refractivity contribution < 1.29 is 4.79 Å². The second kappa shape index (κ2) is 7.82. The van der Waals surface area contributed by atoms with E-state index in [9.17, 15) is 4.79 Å². The molecule has 1 aromatic rings. The van der Waals surface area contributed by atoms with E-state index in [1.54, 1.807) is 0 Å². The van der Waals surface area contributed by atoms with Crippen LogP contribution in [0.2, 0.25) is 0 Å². The first-order valence-corrected chi connectivity index (χ1v) is 8.79. The molecule has 1 heterocycles. The molecule has 0 aromatic heterocycles. The lowest BCUT2D eigenvalue weighted by molar-refractivity contribution is 0.211.